The molecule has 120 valence electrons. The third kappa shape index (κ3) is 5.74. The second-order valence-electron chi connectivity index (χ2n) is 4.61. The van der Waals surface area contributed by atoms with E-state index in [0.717, 1.165) is 0 Å². The van der Waals surface area contributed by atoms with Crippen LogP contribution < -0.4 is 0 Å². The Bertz CT molecular complexity index is 468. The van der Waals surface area contributed by atoms with Crippen LogP contribution in [0.3, 0.4) is 0 Å². The van der Waals surface area contributed by atoms with Crippen LogP contribution in [0.5, 0.6) is 0 Å². The monoisotopic (exact) mass is 309 g/mol. The standard InChI is InChI=1S/C13H18F3NO4/c1-4-20-12(18)11-10(8(2)3)17-9(21-11)5-6-19-7-13(14,15)16/h8H,4-7H2,1-3H3. The number of halogens is 3. The van der Waals surface area contributed by atoms with Crippen LogP contribution in [0, 0.1) is 0 Å². The van der Waals surface area contributed by atoms with E-state index in [-0.39, 0.29) is 37.2 Å². The number of carbonyl (C=O) groups is 1. The van der Waals surface area contributed by atoms with Crippen molar-refractivity contribution in [1.29, 1.82) is 0 Å². The van der Waals surface area contributed by atoms with Crippen molar-refractivity contribution in [3.8, 4) is 0 Å². The number of carbonyl (C=O) groups excluding carboxylic acids is 1. The van der Waals surface area contributed by atoms with Crippen LogP contribution in [-0.2, 0) is 15.9 Å². The molecule has 0 unspecified atom stereocenters. The lowest BCUT2D eigenvalue weighted by molar-refractivity contribution is -0.173. The summed E-state index contributed by atoms with van der Waals surface area (Å²) in [4.78, 5) is 15.8. The Kier molecular flexibility index (Phi) is 6.19. The maximum Gasteiger partial charge on any atom is 0.411 e. The fourth-order valence-electron chi connectivity index (χ4n) is 1.57. The third-order valence-electron chi connectivity index (χ3n) is 2.43. The Labute approximate surface area is 120 Å². The van der Waals surface area contributed by atoms with Crippen molar-refractivity contribution in [2.45, 2.75) is 39.3 Å². The molecule has 0 bridgehead atoms. The van der Waals surface area contributed by atoms with E-state index < -0.39 is 18.8 Å². The smallest absolute Gasteiger partial charge is 0.411 e. The zero-order valence-electron chi connectivity index (χ0n) is 12.1. The second-order valence-corrected chi connectivity index (χ2v) is 4.61. The van der Waals surface area contributed by atoms with Gasteiger partial charge in [-0.25, -0.2) is 9.78 Å². The molecule has 0 spiro atoms. The largest absolute Gasteiger partial charge is 0.460 e. The summed E-state index contributed by atoms with van der Waals surface area (Å²) in [5.74, 6) is -0.546. The maximum atomic E-state index is 11.9. The average molecular weight is 309 g/mol. The molecule has 0 aliphatic carbocycles. The molecule has 0 amide bonds. The number of aromatic nitrogens is 1. The van der Waals surface area contributed by atoms with Gasteiger partial charge >= 0.3 is 12.1 Å². The van der Waals surface area contributed by atoms with Gasteiger partial charge in [-0.2, -0.15) is 13.2 Å². The summed E-state index contributed by atoms with van der Waals surface area (Å²) >= 11 is 0. The van der Waals surface area contributed by atoms with Gasteiger partial charge in [0.1, 0.15) is 6.61 Å². The molecule has 0 aromatic carbocycles. The van der Waals surface area contributed by atoms with Gasteiger partial charge in [0.05, 0.1) is 18.9 Å². The number of nitrogens with zero attached hydrogens (tertiary/aromatic N) is 1. The fraction of sp³-hybridized carbons (Fsp3) is 0.692. The SMILES string of the molecule is CCOC(=O)c1oc(CCOCC(F)(F)F)nc1C(C)C. The summed E-state index contributed by atoms with van der Waals surface area (Å²) in [5.41, 5.74) is 0.430. The Morgan fingerprint density at radius 1 is 1.38 bits per heavy atom. The van der Waals surface area contributed by atoms with Gasteiger partial charge in [0.25, 0.3) is 0 Å². The van der Waals surface area contributed by atoms with Gasteiger partial charge < -0.3 is 13.9 Å². The average Bonchev–Trinajstić information content (AvgIpc) is 2.78. The van der Waals surface area contributed by atoms with E-state index in [2.05, 4.69) is 9.72 Å². The molecular weight excluding hydrogens is 291 g/mol. The van der Waals surface area contributed by atoms with Crippen LogP contribution in [0.15, 0.2) is 4.42 Å². The van der Waals surface area contributed by atoms with Crippen molar-refractivity contribution in [3.63, 3.8) is 0 Å². The molecule has 1 aromatic heterocycles. The molecule has 0 aliphatic rings. The first-order valence-corrected chi connectivity index (χ1v) is 6.55. The lowest BCUT2D eigenvalue weighted by Gasteiger charge is -2.05. The summed E-state index contributed by atoms with van der Waals surface area (Å²) < 4.78 is 50.4. The molecule has 0 saturated heterocycles. The minimum absolute atomic E-state index is 0.00216. The summed E-state index contributed by atoms with van der Waals surface area (Å²) in [6, 6.07) is 0. The van der Waals surface area contributed by atoms with Crippen molar-refractivity contribution in [2.24, 2.45) is 0 Å². The Hall–Kier alpha value is -1.57. The van der Waals surface area contributed by atoms with Gasteiger partial charge in [-0.1, -0.05) is 13.8 Å². The number of oxazole rings is 1. The highest BCUT2D eigenvalue weighted by atomic mass is 19.4. The Morgan fingerprint density at radius 3 is 2.57 bits per heavy atom. The summed E-state index contributed by atoms with van der Waals surface area (Å²) in [6.45, 7) is 3.99. The van der Waals surface area contributed by atoms with Crippen LogP contribution in [0.1, 0.15) is 48.8 Å². The molecule has 8 heteroatoms. The van der Waals surface area contributed by atoms with Crippen molar-refractivity contribution >= 4 is 5.97 Å². The quantitative estimate of drug-likeness (QED) is 0.572. The van der Waals surface area contributed by atoms with Crippen molar-refractivity contribution in [3.05, 3.63) is 17.3 Å². The lowest BCUT2D eigenvalue weighted by atomic mass is 10.1. The normalized spacial score (nSPS) is 12.0. The highest BCUT2D eigenvalue weighted by Crippen LogP contribution is 2.21. The number of ether oxygens (including phenoxy) is 2. The highest BCUT2D eigenvalue weighted by Gasteiger charge is 2.27. The Morgan fingerprint density at radius 2 is 2.05 bits per heavy atom. The summed E-state index contributed by atoms with van der Waals surface area (Å²) in [7, 11) is 0. The van der Waals surface area contributed by atoms with Gasteiger partial charge in [0.2, 0.25) is 5.76 Å². The zero-order valence-corrected chi connectivity index (χ0v) is 12.1. The molecule has 0 atom stereocenters. The van der Waals surface area contributed by atoms with E-state index in [4.69, 9.17) is 9.15 Å². The van der Waals surface area contributed by atoms with Crippen molar-refractivity contribution in [2.75, 3.05) is 19.8 Å². The molecule has 1 rings (SSSR count). The van der Waals surface area contributed by atoms with E-state index in [0.29, 0.717) is 5.69 Å². The van der Waals surface area contributed by atoms with E-state index in [9.17, 15) is 18.0 Å². The van der Waals surface area contributed by atoms with Crippen LogP contribution in [0.2, 0.25) is 0 Å². The lowest BCUT2D eigenvalue weighted by Crippen LogP contribution is -2.18. The number of hydrogen-bond donors (Lipinski definition) is 0. The predicted octanol–water partition coefficient (Wildman–Crippen LogP) is 3.10. The first-order valence-electron chi connectivity index (χ1n) is 6.55. The number of hydrogen-bond acceptors (Lipinski definition) is 5. The van der Waals surface area contributed by atoms with Gasteiger partial charge in [-0.15, -0.1) is 0 Å². The molecule has 0 radical (unpaired) electrons. The van der Waals surface area contributed by atoms with Crippen LogP contribution in [-0.4, -0.2) is 37.0 Å². The number of esters is 1. The number of rotatable bonds is 7. The summed E-state index contributed by atoms with van der Waals surface area (Å²) in [5, 5.41) is 0. The molecular formula is C13H18F3NO4. The van der Waals surface area contributed by atoms with E-state index in [1.807, 2.05) is 13.8 Å². The third-order valence-corrected chi connectivity index (χ3v) is 2.43. The van der Waals surface area contributed by atoms with Gasteiger partial charge in [0, 0.05) is 6.42 Å². The molecule has 1 heterocycles. The molecule has 5 nitrogen and oxygen atoms in total. The van der Waals surface area contributed by atoms with Crippen LogP contribution in [0.25, 0.3) is 0 Å². The van der Waals surface area contributed by atoms with Gasteiger partial charge in [0.15, 0.2) is 5.89 Å². The molecule has 0 aliphatic heterocycles. The first kappa shape index (κ1) is 17.5. The molecule has 21 heavy (non-hydrogen) atoms. The van der Waals surface area contributed by atoms with Gasteiger partial charge in [-0.05, 0) is 12.8 Å². The second kappa shape index (κ2) is 7.44. The van der Waals surface area contributed by atoms with Crippen molar-refractivity contribution in [1.82, 2.24) is 4.98 Å². The number of alkyl halides is 3. The van der Waals surface area contributed by atoms with Crippen molar-refractivity contribution < 1.29 is 31.9 Å². The molecule has 0 saturated carbocycles. The van der Waals surface area contributed by atoms with Gasteiger partial charge in [-0.3, -0.25) is 0 Å². The van der Waals surface area contributed by atoms with Crippen LogP contribution in [0.4, 0.5) is 13.2 Å². The van der Waals surface area contributed by atoms with E-state index >= 15 is 0 Å². The minimum Gasteiger partial charge on any atom is -0.460 e. The van der Waals surface area contributed by atoms with Crippen LogP contribution >= 0.6 is 0 Å². The molecule has 1 aromatic rings. The minimum atomic E-state index is -4.37. The molecule has 0 N–H and O–H groups in total. The zero-order chi connectivity index (χ0) is 16.0. The summed E-state index contributed by atoms with van der Waals surface area (Å²) in [6.07, 6.45) is -4.31. The van der Waals surface area contributed by atoms with E-state index in [1.165, 1.54) is 0 Å². The first-order chi connectivity index (χ1) is 9.74. The molecule has 0 fully saturated rings. The van der Waals surface area contributed by atoms with E-state index in [1.54, 1.807) is 6.92 Å². The highest BCUT2D eigenvalue weighted by molar-refractivity contribution is 5.87. The maximum absolute atomic E-state index is 11.9. The predicted molar refractivity (Wildman–Crippen MR) is 67.1 cm³/mol. The topological polar surface area (TPSA) is 61.6 Å². The Balaban J connectivity index is 2.67. The fourth-order valence-corrected chi connectivity index (χ4v) is 1.57.